The van der Waals surface area contributed by atoms with Gasteiger partial charge in [-0.2, -0.15) is 0 Å². The third-order valence-electron chi connectivity index (χ3n) is 21.6. The molecule has 1 saturated carbocycles. The third-order valence-corrected chi connectivity index (χ3v) is 26.4. The number of nitrogens with zero attached hydrogens (tertiary/aromatic N) is 3. The van der Waals surface area contributed by atoms with E-state index in [9.17, 15) is 0 Å². The molecule has 3 aliphatic heterocycles. The van der Waals surface area contributed by atoms with E-state index in [2.05, 4.69) is 352 Å². The molecule has 0 saturated heterocycles. The van der Waals surface area contributed by atoms with Crippen LogP contribution in [0.2, 0.25) is 0 Å². The van der Waals surface area contributed by atoms with Crippen LogP contribution in [0.25, 0.3) is 22.3 Å². The fourth-order valence-corrected chi connectivity index (χ4v) is 21.3. The van der Waals surface area contributed by atoms with Crippen molar-refractivity contribution in [3.63, 3.8) is 0 Å². The fraction of sp³-hybridized carbons (Fsp3) is 0.233. The molecule has 2 unspecified atom stereocenters. The molecule has 11 aromatic rings. The Hall–Kier alpha value is -8.90. The molecule has 0 spiro atoms. The molecule has 1 fully saturated rings. The highest BCUT2D eigenvalue weighted by Crippen LogP contribution is 2.61. The fourth-order valence-electron chi connectivity index (χ4n) is 16.5. The van der Waals surface area contributed by atoms with Crippen LogP contribution in [0.5, 0.6) is 0 Å². The van der Waals surface area contributed by atoms with Gasteiger partial charge >= 0.3 is 0 Å². The summed E-state index contributed by atoms with van der Waals surface area (Å²) in [5.41, 5.74) is 23.4. The average Bonchev–Trinajstić information content (AvgIpc) is 1.69. The van der Waals surface area contributed by atoms with E-state index in [1.54, 1.807) is 0 Å². The van der Waals surface area contributed by atoms with Crippen LogP contribution in [0, 0.1) is 0 Å². The zero-order valence-electron chi connectivity index (χ0n) is 55.1. The highest BCUT2D eigenvalue weighted by molar-refractivity contribution is 7.20. The first kappa shape index (κ1) is 58.5. The summed E-state index contributed by atoms with van der Waals surface area (Å²) in [6, 6.07) is 101. The lowest BCUT2D eigenvalue weighted by Crippen LogP contribution is -2.74. The molecular weight excluding hydrogens is 1110 g/mol. The summed E-state index contributed by atoms with van der Waals surface area (Å²) in [6.45, 7) is 26.3. The van der Waals surface area contributed by atoms with E-state index in [-0.39, 0.29) is 33.9 Å². The van der Waals surface area contributed by atoms with Crippen LogP contribution < -0.4 is 51.8 Å². The van der Waals surface area contributed by atoms with Crippen LogP contribution in [-0.2, 0) is 21.7 Å². The van der Waals surface area contributed by atoms with Gasteiger partial charge in [-0.05, 0) is 173 Å². The summed E-state index contributed by atoms with van der Waals surface area (Å²) < 4.78 is 0. The maximum atomic E-state index is 2.82. The maximum Gasteiger partial charge on any atom is 0.252 e. The Morgan fingerprint density at radius 3 is 1.41 bits per heavy atom. The van der Waals surface area contributed by atoms with Gasteiger partial charge in [-0.25, -0.2) is 0 Å². The van der Waals surface area contributed by atoms with Gasteiger partial charge in [0.25, 0.3) is 6.71 Å². The first-order chi connectivity index (χ1) is 43.8. The van der Waals surface area contributed by atoms with Crippen molar-refractivity contribution in [1.82, 2.24) is 0 Å². The Bertz CT molecular complexity index is 4470. The summed E-state index contributed by atoms with van der Waals surface area (Å²) in [5.74, 6) is 0. The lowest BCUT2D eigenvalue weighted by Gasteiger charge is -2.51. The van der Waals surface area contributed by atoms with Gasteiger partial charge in [-0.1, -0.05) is 282 Å². The van der Waals surface area contributed by atoms with Crippen LogP contribution in [0.15, 0.2) is 261 Å². The summed E-state index contributed by atoms with van der Waals surface area (Å²) in [5, 5.41) is 5.65. The van der Waals surface area contributed by atoms with E-state index in [0.717, 1.165) is 12.8 Å². The zero-order chi connectivity index (χ0) is 62.8. The molecule has 450 valence electrons. The molecule has 0 bridgehead atoms. The number of fused-ring (bicyclic) bond motifs is 7. The van der Waals surface area contributed by atoms with Gasteiger partial charge < -0.3 is 14.7 Å². The van der Waals surface area contributed by atoms with Crippen LogP contribution in [0.4, 0.5) is 45.5 Å². The van der Waals surface area contributed by atoms with Crippen molar-refractivity contribution in [2.45, 2.75) is 129 Å². The van der Waals surface area contributed by atoms with Crippen molar-refractivity contribution < 1.29 is 0 Å². The molecule has 0 aromatic heterocycles. The van der Waals surface area contributed by atoms with E-state index in [1.165, 1.54) is 140 Å². The molecule has 3 nitrogen and oxygen atoms in total. The van der Waals surface area contributed by atoms with Crippen molar-refractivity contribution >= 4 is 97.4 Å². The standard InChI is InChI=1S/C86H84BN3Si/c1-82(2,3)62-40-43-65(44-41-62)88-78-57-66(90-76-50-46-70(58-72(76)85(10)51-27-28-52-86(85,90)11)91(67-33-21-14-22-34-67,68-35-23-15-24-36-68)69-37-25-16-26-38-69)45-48-74(78)87-73-47-39-61(59-29-17-12-18-30-59)53-77(73)89(80-56-64(84(7,8)9)55-79(88)81(80)87)75-49-42-63(83(4,5)6)54-71(75)60-31-19-13-20-32-60/h12-26,29-50,53-58H,27-28,51-52H2,1-11H3. The molecule has 0 radical (unpaired) electrons. The van der Waals surface area contributed by atoms with Crippen molar-refractivity contribution in [1.29, 1.82) is 0 Å². The Labute approximate surface area is 543 Å². The first-order valence-electron chi connectivity index (χ1n) is 33.3. The smallest absolute Gasteiger partial charge is 0.252 e. The van der Waals surface area contributed by atoms with E-state index in [1.807, 2.05) is 0 Å². The number of benzene rings is 11. The second-order valence-corrected chi connectivity index (χ2v) is 33.8. The predicted molar refractivity (Wildman–Crippen MR) is 394 cm³/mol. The summed E-state index contributed by atoms with van der Waals surface area (Å²) in [4.78, 5) is 8.15. The number of hydrogen-bond donors (Lipinski definition) is 0. The summed E-state index contributed by atoms with van der Waals surface area (Å²) >= 11 is 0. The Morgan fingerprint density at radius 1 is 0.352 bits per heavy atom. The van der Waals surface area contributed by atoms with Crippen molar-refractivity contribution in [2.75, 3.05) is 14.7 Å². The minimum absolute atomic E-state index is 0.0136. The Kier molecular flexibility index (Phi) is 13.9. The van der Waals surface area contributed by atoms with E-state index in [0.29, 0.717) is 0 Å². The molecule has 4 aliphatic rings. The summed E-state index contributed by atoms with van der Waals surface area (Å²) in [6.07, 6.45) is 4.62. The largest absolute Gasteiger partial charge is 0.334 e. The van der Waals surface area contributed by atoms with Gasteiger partial charge in [0.2, 0.25) is 0 Å². The predicted octanol–water partition coefficient (Wildman–Crippen LogP) is 18.1. The number of anilines is 8. The maximum absolute atomic E-state index is 2.84. The molecular formula is C86H84BN3Si. The van der Waals surface area contributed by atoms with Crippen molar-refractivity contribution in [2.24, 2.45) is 0 Å². The van der Waals surface area contributed by atoms with Gasteiger partial charge in [0.05, 0.1) is 11.2 Å². The lowest BCUT2D eigenvalue weighted by atomic mass is 9.33. The van der Waals surface area contributed by atoms with Crippen LogP contribution >= 0.6 is 0 Å². The monoisotopic (exact) mass is 1200 g/mol. The molecule has 2 atom stereocenters. The second-order valence-electron chi connectivity index (χ2n) is 30.0. The van der Waals surface area contributed by atoms with Gasteiger partial charge in [0.15, 0.2) is 8.07 Å². The molecule has 91 heavy (non-hydrogen) atoms. The molecule has 15 rings (SSSR count). The molecule has 0 N–H and O–H groups in total. The number of hydrogen-bond acceptors (Lipinski definition) is 3. The molecule has 5 heteroatoms. The molecule has 0 amide bonds. The van der Waals surface area contributed by atoms with E-state index >= 15 is 0 Å². The SMILES string of the molecule is CC(C)(C)c1ccc(N2c3cc(N4c5ccc([Si](c6ccccc6)(c6ccccc6)c6ccccc6)cc5C5(C)CCCCC45C)ccc3B3c4ccc(-c5ccccc5)cc4N(c4ccc(C(C)(C)C)cc4-c4ccccc4)c4cc(C(C)(C)C)cc2c43)cc1. The Morgan fingerprint density at radius 2 is 0.835 bits per heavy atom. The Balaban J connectivity index is 0.997. The van der Waals surface area contributed by atoms with Crippen molar-refractivity contribution in [3.05, 3.63) is 283 Å². The summed E-state index contributed by atoms with van der Waals surface area (Å²) in [7, 11) is -2.84. The minimum Gasteiger partial charge on any atom is -0.334 e. The van der Waals surface area contributed by atoms with Crippen LogP contribution in [0.1, 0.15) is 124 Å². The van der Waals surface area contributed by atoms with Gasteiger partial charge in [0.1, 0.15) is 0 Å². The van der Waals surface area contributed by atoms with Crippen LogP contribution in [-0.4, -0.2) is 20.3 Å². The molecule has 1 aliphatic carbocycles. The average molecular weight is 1200 g/mol. The quantitative estimate of drug-likeness (QED) is 0.105. The highest BCUT2D eigenvalue weighted by atomic mass is 28.3. The molecule has 3 heterocycles. The second kappa shape index (κ2) is 21.6. The van der Waals surface area contributed by atoms with Gasteiger partial charge in [0, 0.05) is 50.8 Å². The number of rotatable bonds is 9. The van der Waals surface area contributed by atoms with E-state index < -0.39 is 8.07 Å². The van der Waals surface area contributed by atoms with Crippen molar-refractivity contribution in [3.8, 4) is 22.3 Å². The normalized spacial score (nSPS) is 17.7. The van der Waals surface area contributed by atoms with Gasteiger partial charge in [-0.15, -0.1) is 0 Å². The van der Waals surface area contributed by atoms with Crippen LogP contribution in [0.3, 0.4) is 0 Å². The topological polar surface area (TPSA) is 9.72 Å². The zero-order valence-corrected chi connectivity index (χ0v) is 56.1. The lowest BCUT2D eigenvalue weighted by molar-refractivity contribution is 0.195. The van der Waals surface area contributed by atoms with E-state index in [4.69, 9.17) is 0 Å². The highest BCUT2D eigenvalue weighted by Gasteiger charge is 2.59. The van der Waals surface area contributed by atoms with Gasteiger partial charge in [-0.3, -0.25) is 0 Å². The molecule has 11 aromatic carbocycles. The minimum atomic E-state index is -2.84. The first-order valence-corrected chi connectivity index (χ1v) is 35.3. The third kappa shape index (κ3) is 9.34.